The van der Waals surface area contributed by atoms with E-state index in [-0.39, 0.29) is 12.1 Å². The predicted octanol–water partition coefficient (Wildman–Crippen LogP) is 1.39. The molecule has 2 atom stereocenters. The second kappa shape index (κ2) is 4.69. The lowest BCUT2D eigenvalue weighted by Crippen LogP contribution is -2.38. The highest BCUT2D eigenvalue weighted by Gasteiger charge is 2.15. The molecular formula is C8H19NO. The van der Waals surface area contributed by atoms with Crippen molar-refractivity contribution in [2.45, 2.75) is 39.8 Å². The first kappa shape index (κ1) is 9.92. The van der Waals surface area contributed by atoms with E-state index < -0.39 is 0 Å². The Kier molecular flexibility index (Phi) is 4.65. The van der Waals surface area contributed by atoms with E-state index in [2.05, 4.69) is 13.8 Å². The first-order valence-corrected chi connectivity index (χ1v) is 3.96. The van der Waals surface area contributed by atoms with Crippen LogP contribution in [0.3, 0.4) is 0 Å². The highest BCUT2D eigenvalue weighted by atomic mass is 16.5. The maximum Gasteiger partial charge on any atom is 0.0700 e. The molecule has 0 aromatic carbocycles. The van der Waals surface area contributed by atoms with E-state index >= 15 is 0 Å². The highest BCUT2D eigenvalue weighted by Crippen LogP contribution is 2.05. The molecule has 10 heavy (non-hydrogen) atoms. The van der Waals surface area contributed by atoms with Gasteiger partial charge in [0.2, 0.25) is 0 Å². The molecule has 0 spiro atoms. The lowest BCUT2D eigenvalue weighted by atomic mass is 10.0. The zero-order valence-electron chi connectivity index (χ0n) is 7.42. The van der Waals surface area contributed by atoms with Crippen molar-refractivity contribution in [3.05, 3.63) is 0 Å². The first-order valence-electron chi connectivity index (χ1n) is 3.96. The van der Waals surface area contributed by atoms with Crippen LogP contribution in [0.5, 0.6) is 0 Å². The van der Waals surface area contributed by atoms with Gasteiger partial charge in [0.25, 0.3) is 0 Å². The topological polar surface area (TPSA) is 35.2 Å². The molecule has 2 unspecified atom stereocenters. The Morgan fingerprint density at radius 1 is 1.30 bits per heavy atom. The zero-order valence-corrected chi connectivity index (χ0v) is 7.42. The standard InChI is InChI=1S/C8H19NO/c1-5-10-7(4)8(9)6(2)3/h6-8H,5,9H2,1-4H3. The Bertz CT molecular complexity index is 83.3. The molecule has 0 aliphatic heterocycles. The Hall–Kier alpha value is -0.0800. The maximum atomic E-state index is 5.82. The second-order valence-corrected chi connectivity index (χ2v) is 2.98. The molecule has 0 aliphatic carbocycles. The SMILES string of the molecule is CCOC(C)C(N)C(C)C. The van der Waals surface area contributed by atoms with E-state index in [0.717, 1.165) is 6.61 Å². The van der Waals surface area contributed by atoms with Gasteiger partial charge in [-0.1, -0.05) is 13.8 Å². The van der Waals surface area contributed by atoms with Crippen LogP contribution in [0.2, 0.25) is 0 Å². The number of nitrogens with two attached hydrogens (primary N) is 1. The molecule has 0 aliphatic rings. The summed E-state index contributed by atoms with van der Waals surface area (Å²) in [6.45, 7) is 8.99. The molecule has 0 fully saturated rings. The molecule has 0 saturated heterocycles. The minimum atomic E-state index is 0.167. The number of rotatable bonds is 4. The monoisotopic (exact) mass is 145 g/mol. The molecule has 0 amide bonds. The molecule has 0 bridgehead atoms. The molecular weight excluding hydrogens is 126 g/mol. The van der Waals surface area contributed by atoms with Crippen molar-refractivity contribution in [3.8, 4) is 0 Å². The minimum absolute atomic E-state index is 0.167. The third-order valence-corrected chi connectivity index (χ3v) is 1.74. The van der Waals surface area contributed by atoms with E-state index in [0.29, 0.717) is 5.92 Å². The summed E-state index contributed by atoms with van der Waals surface area (Å²) in [5.41, 5.74) is 5.82. The van der Waals surface area contributed by atoms with Crippen LogP contribution < -0.4 is 5.73 Å². The summed E-state index contributed by atoms with van der Waals surface area (Å²) in [7, 11) is 0. The quantitative estimate of drug-likeness (QED) is 0.649. The van der Waals surface area contributed by atoms with Gasteiger partial charge in [0.1, 0.15) is 0 Å². The van der Waals surface area contributed by atoms with Crippen LogP contribution in [-0.4, -0.2) is 18.8 Å². The van der Waals surface area contributed by atoms with E-state index in [9.17, 15) is 0 Å². The van der Waals surface area contributed by atoms with E-state index in [1.54, 1.807) is 0 Å². The zero-order chi connectivity index (χ0) is 8.15. The van der Waals surface area contributed by atoms with Gasteiger partial charge < -0.3 is 10.5 Å². The number of ether oxygens (including phenoxy) is 1. The molecule has 0 aromatic heterocycles. The number of hydrogen-bond acceptors (Lipinski definition) is 2. The molecule has 0 radical (unpaired) electrons. The van der Waals surface area contributed by atoms with Crippen molar-refractivity contribution in [1.29, 1.82) is 0 Å². The molecule has 0 aromatic rings. The van der Waals surface area contributed by atoms with E-state index in [4.69, 9.17) is 10.5 Å². The van der Waals surface area contributed by atoms with Crippen molar-refractivity contribution in [1.82, 2.24) is 0 Å². The molecule has 2 nitrogen and oxygen atoms in total. The van der Waals surface area contributed by atoms with Crippen LogP contribution >= 0.6 is 0 Å². The van der Waals surface area contributed by atoms with Crippen LogP contribution in [0.15, 0.2) is 0 Å². The molecule has 0 heterocycles. The van der Waals surface area contributed by atoms with Gasteiger partial charge >= 0.3 is 0 Å². The molecule has 0 saturated carbocycles. The van der Waals surface area contributed by atoms with Crippen molar-refractivity contribution in [2.75, 3.05) is 6.61 Å². The Morgan fingerprint density at radius 2 is 1.80 bits per heavy atom. The van der Waals surface area contributed by atoms with Gasteiger partial charge in [0.15, 0.2) is 0 Å². The van der Waals surface area contributed by atoms with Gasteiger partial charge in [-0.3, -0.25) is 0 Å². The van der Waals surface area contributed by atoms with Gasteiger partial charge in [0, 0.05) is 12.6 Å². The third kappa shape index (κ3) is 3.18. The smallest absolute Gasteiger partial charge is 0.0700 e. The fourth-order valence-electron chi connectivity index (χ4n) is 0.916. The van der Waals surface area contributed by atoms with Crippen molar-refractivity contribution in [2.24, 2.45) is 11.7 Å². The first-order chi connectivity index (χ1) is 4.59. The summed E-state index contributed by atoms with van der Waals surface area (Å²) in [5.74, 6) is 0.501. The summed E-state index contributed by atoms with van der Waals surface area (Å²) >= 11 is 0. The fourth-order valence-corrected chi connectivity index (χ4v) is 0.916. The summed E-state index contributed by atoms with van der Waals surface area (Å²) in [6, 6.07) is 0.167. The molecule has 0 rings (SSSR count). The van der Waals surface area contributed by atoms with Crippen LogP contribution in [0.25, 0.3) is 0 Å². The third-order valence-electron chi connectivity index (χ3n) is 1.74. The summed E-state index contributed by atoms with van der Waals surface area (Å²) in [6.07, 6.45) is 0.185. The van der Waals surface area contributed by atoms with E-state index in [1.807, 2.05) is 13.8 Å². The predicted molar refractivity (Wildman–Crippen MR) is 43.9 cm³/mol. The van der Waals surface area contributed by atoms with Crippen LogP contribution in [0.4, 0.5) is 0 Å². The summed E-state index contributed by atoms with van der Waals surface area (Å²) in [5, 5.41) is 0. The highest BCUT2D eigenvalue weighted by molar-refractivity contribution is 4.71. The Balaban J connectivity index is 3.58. The van der Waals surface area contributed by atoms with Crippen molar-refractivity contribution < 1.29 is 4.74 Å². The van der Waals surface area contributed by atoms with Gasteiger partial charge in [-0.2, -0.15) is 0 Å². The lowest BCUT2D eigenvalue weighted by molar-refractivity contribution is 0.0464. The van der Waals surface area contributed by atoms with Crippen molar-refractivity contribution in [3.63, 3.8) is 0 Å². The van der Waals surface area contributed by atoms with Crippen molar-refractivity contribution >= 4 is 0 Å². The Morgan fingerprint density at radius 3 is 2.10 bits per heavy atom. The lowest BCUT2D eigenvalue weighted by Gasteiger charge is -2.22. The largest absolute Gasteiger partial charge is 0.377 e. The average Bonchev–Trinajstić information content (AvgIpc) is 1.87. The second-order valence-electron chi connectivity index (χ2n) is 2.98. The van der Waals surface area contributed by atoms with Gasteiger partial charge in [-0.15, -0.1) is 0 Å². The van der Waals surface area contributed by atoms with Crippen LogP contribution in [-0.2, 0) is 4.74 Å². The summed E-state index contributed by atoms with van der Waals surface area (Å²) < 4.78 is 5.34. The van der Waals surface area contributed by atoms with E-state index in [1.165, 1.54) is 0 Å². The number of hydrogen-bond donors (Lipinski definition) is 1. The molecule has 62 valence electrons. The minimum Gasteiger partial charge on any atom is -0.377 e. The average molecular weight is 145 g/mol. The van der Waals surface area contributed by atoms with Crippen LogP contribution in [0, 0.1) is 5.92 Å². The normalized spacial score (nSPS) is 17.4. The maximum absolute atomic E-state index is 5.82. The summed E-state index contributed by atoms with van der Waals surface area (Å²) in [4.78, 5) is 0. The van der Waals surface area contributed by atoms with Gasteiger partial charge in [0.05, 0.1) is 6.10 Å². The Labute approximate surface area is 63.7 Å². The van der Waals surface area contributed by atoms with Crippen LogP contribution in [0.1, 0.15) is 27.7 Å². The van der Waals surface area contributed by atoms with Gasteiger partial charge in [-0.25, -0.2) is 0 Å². The fraction of sp³-hybridized carbons (Fsp3) is 1.00. The molecule has 2 N–H and O–H groups in total. The molecule has 2 heteroatoms. The van der Waals surface area contributed by atoms with Gasteiger partial charge in [-0.05, 0) is 19.8 Å².